The van der Waals surface area contributed by atoms with Crippen LogP contribution in [-0.4, -0.2) is 17.9 Å². The molecule has 3 atom stereocenters. The molecule has 5 heteroatoms. The maximum Gasteiger partial charge on any atom is 0.227 e. The van der Waals surface area contributed by atoms with Gasteiger partial charge in [-0.25, -0.2) is 0 Å². The molecule has 0 radical (unpaired) electrons. The van der Waals surface area contributed by atoms with Gasteiger partial charge in [0.15, 0.2) is 0 Å². The van der Waals surface area contributed by atoms with Crippen LogP contribution in [0.25, 0.3) is 0 Å². The molecule has 0 saturated carbocycles. The first-order valence-corrected chi connectivity index (χ1v) is 8.12. The first-order valence-electron chi connectivity index (χ1n) is 7.74. The fraction of sp³-hybridized carbons (Fsp3) is 0.316. The number of benzene rings is 2. The van der Waals surface area contributed by atoms with Crippen LogP contribution in [-0.2, 0) is 4.79 Å². The number of amides is 1. The highest BCUT2D eigenvalue weighted by Gasteiger charge is 2.27. The largest absolute Gasteiger partial charge is 0.339 e. The first-order chi connectivity index (χ1) is 10.9. The van der Waals surface area contributed by atoms with Gasteiger partial charge in [-0.3, -0.25) is 4.79 Å². The Bertz CT molecular complexity index is 663. The lowest BCUT2D eigenvalue weighted by Gasteiger charge is -2.30. The minimum Gasteiger partial charge on any atom is -0.339 e. The Kier molecular flexibility index (Phi) is 7.74. The van der Waals surface area contributed by atoms with Gasteiger partial charge in [-0.05, 0) is 30.2 Å². The summed E-state index contributed by atoms with van der Waals surface area (Å²) in [7, 11) is 1.81. The summed E-state index contributed by atoms with van der Waals surface area (Å²) < 4.78 is 0. The fourth-order valence-electron chi connectivity index (χ4n) is 2.62. The molecule has 1 amide bonds. The fourth-order valence-corrected chi connectivity index (χ4v) is 2.82. The highest BCUT2D eigenvalue weighted by atomic mass is 35.5. The predicted octanol–water partition coefficient (Wildman–Crippen LogP) is 4.62. The molecule has 0 aliphatic rings. The maximum atomic E-state index is 12.8. The lowest BCUT2D eigenvalue weighted by atomic mass is 9.93. The van der Waals surface area contributed by atoms with E-state index in [4.69, 9.17) is 17.3 Å². The number of carbonyl (C=O) groups is 1. The summed E-state index contributed by atoms with van der Waals surface area (Å²) in [5, 5.41) is 0.671. The number of hydrogen-bond acceptors (Lipinski definition) is 2. The summed E-state index contributed by atoms with van der Waals surface area (Å²) in [5.74, 6) is -0.280. The number of rotatable bonds is 5. The zero-order chi connectivity index (χ0) is 17.0. The van der Waals surface area contributed by atoms with E-state index in [0.717, 1.165) is 11.1 Å². The van der Waals surface area contributed by atoms with Gasteiger partial charge in [0.1, 0.15) is 0 Å². The molecule has 2 N–H and O–H groups in total. The lowest BCUT2D eigenvalue weighted by molar-refractivity contribution is -0.136. The smallest absolute Gasteiger partial charge is 0.227 e. The van der Waals surface area contributed by atoms with Crippen molar-refractivity contribution in [1.82, 2.24) is 4.90 Å². The zero-order valence-corrected chi connectivity index (χ0v) is 15.7. The minimum atomic E-state index is -0.322. The Morgan fingerprint density at radius 3 is 2.21 bits per heavy atom. The second kappa shape index (κ2) is 9.07. The van der Waals surface area contributed by atoms with Crippen molar-refractivity contribution in [2.45, 2.75) is 25.9 Å². The van der Waals surface area contributed by atoms with Crippen LogP contribution in [0, 0.1) is 5.92 Å². The molecule has 0 aliphatic carbocycles. The van der Waals surface area contributed by atoms with Gasteiger partial charge in [0.2, 0.25) is 5.91 Å². The topological polar surface area (TPSA) is 46.3 Å². The third-order valence-corrected chi connectivity index (χ3v) is 4.61. The van der Waals surface area contributed by atoms with Crippen LogP contribution in [0.1, 0.15) is 37.1 Å². The second-order valence-electron chi connectivity index (χ2n) is 5.91. The number of nitrogens with two attached hydrogens (primary N) is 1. The molecule has 0 fully saturated rings. The zero-order valence-electron chi connectivity index (χ0n) is 14.1. The summed E-state index contributed by atoms with van der Waals surface area (Å²) in [6.07, 6.45) is 0. The lowest BCUT2D eigenvalue weighted by Crippen LogP contribution is -2.38. The van der Waals surface area contributed by atoms with Crippen molar-refractivity contribution in [1.29, 1.82) is 0 Å². The van der Waals surface area contributed by atoms with Crippen molar-refractivity contribution in [3.8, 4) is 0 Å². The van der Waals surface area contributed by atoms with Crippen LogP contribution < -0.4 is 5.73 Å². The Labute approximate surface area is 155 Å². The number of carbonyl (C=O) groups excluding carboxylic acids is 1. The highest BCUT2D eigenvalue weighted by Crippen LogP contribution is 2.26. The third-order valence-electron chi connectivity index (χ3n) is 4.37. The molecule has 0 spiro atoms. The standard InChI is InChI=1S/C19H23ClN2O.ClH/c1-13(18(21)15-8-5-4-6-9-15)19(23)22(3)14(2)16-10-7-11-17(20)12-16;/h4-14,18H,21H2,1-3H3;1H. The van der Waals surface area contributed by atoms with E-state index < -0.39 is 0 Å². The monoisotopic (exact) mass is 366 g/mol. The number of halogens is 2. The number of nitrogens with zero attached hydrogens (tertiary/aromatic N) is 1. The van der Waals surface area contributed by atoms with Gasteiger partial charge in [0, 0.05) is 18.1 Å². The Hall–Kier alpha value is -1.55. The van der Waals surface area contributed by atoms with Crippen molar-refractivity contribution >= 4 is 29.9 Å². The molecule has 3 unspecified atom stereocenters. The predicted molar refractivity (Wildman–Crippen MR) is 102 cm³/mol. The van der Waals surface area contributed by atoms with Crippen LogP contribution in [0.15, 0.2) is 54.6 Å². The summed E-state index contributed by atoms with van der Waals surface area (Å²) in [6.45, 7) is 3.87. The molecule has 130 valence electrons. The van der Waals surface area contributed by atoms with Crippen LogP contribution in [0.2, 0.25) is 5.02 Å². The average molecular weight is 367 g/mol. The van der Waals surface area contributed by atoms with Gasteiger partial charge in [-0.15, -0.1) is 12.4 Å². The minimum absolute atomic E-state index is 0. The molecule has 0 heterocycles. The van der Waals surface area contributed by atoms with E-state index in [-0.39, 0.29) is 36.3 Å². The Morgan fingerprint density at radius 1 is 1.04 bits per heavy atom. The van der Waals surface area contributed by atoms with E-state index in [2.05, 4.69) is 0 Å². The molecule has 0 saturated heterocycles. The normalized spacial score (nSPS) is 14.2. The molecule has 2 aromatic rings. The summed E-state index contributed by atoms with van der Waals surface area (Å²) in [6, 6.07) is 16.9. The van der Waals surface area contributed by atoms with Gasteiger partial charge in [-0.1, -0.05) is 61.0 Å². The highest BCUT2D eigenvalue weighted by molar-refractivity contribution is 6.30. The van der Waals surface area contributed by atoms with Crippen molar-refractivity contribution in [3.05, 3.63) is 70.7 Å². The molecule has 0 aliphatic heterocycles. The molecule has 24 heavy (non-hydrogen) atoms. The van der Waals surface area contributed by atoms with Gasteiger partial charge in [-0.2, -0.15) is 0 Å². The van der Waals surface area contributed by atoms with Gasteiger partial charge in [0.05, 0.1) is 12.0 Å². The van der Waals surface area contributed by atoms with Gasteiger partial charge < -0.3 is 10.6 Å². The van der Waals surface area contributed by atoms with E-state index in [1.165, 1.54) is 0 Å². The summed E-state index contributed by atoms with van der Waals surface area (Å²) in [4.78, 5) is 14.5. The quantitative estimate of drug-likeness (QED) is 0.838. The maximum absolute atomic E-state index is 12.8. The molecule has 2 rings (SSSR count). The van der Waals surface area contributed by atoms with Gasteiger partial charge in [0.25, 0.3) is 0 Å². The summed E-state index contributed by atoms with van der Waals surface area (Å²) >= 11 is 6.04. The van der Waals surface area contributed by atoms with Crippen LogP contribution >= 0.6 is 24.0 Å². The molecule has 0 bridgehead atoms. The third kappa shape index (κ3) is 4.73. The van der Waals surface area contributed by atoms with Crippen molar-refractivity contribution in [2.24, 2.45) is 11.7 Å². The SMILES string of the molecule is CC(C(=O)N(C)C(C)c1cccc(Cl)c1)C(N)c1ccccc1.Cl. The Morgan fingerprint density at radius 2 is 1.62 bits per heavy atom. The number of hydrogen-bond donors (Lipinski definition) is 1. The first kappa shape index (κ1) is 20.5. The van der Waals surface area contributed by atoms with Crippen LogP contribution in [0.5, 0.6) is 0 Å². The van der Waals surface area contributed by atoms with E-state index in [0.29, 0.717) is 5.02 Å². The van der Waals surface area contributed by atoms with E-state index in [1.54, 1.807) is 4.90 Å². The molecule has 2 aromatic carbocycles. The second-order valence-corrected chi connectivity index (χ2v) is 6.34. The van der Waals surface area contributed by atoms with Crippen molar-refractivity contribution in [2.75, 3.05) is 7.05 Å². The van der Waals surface area contributed by atoms with Crippen LogP contribution in [0.4, 0.5) is 0 Å². The van der Waals surface area contributed by atoms with Crippen LogP contribution in [0.3, 0.4) is 0 Å². The molecular weight excluding hydrogens is 343 g/mol. The van der Waals surface area contributed by atoms with E-state index >= 15 is 0 Å². The molecular formula is C19H24Cl2N2O. The molecule has 0 aromatic heterocycles. The Balaban J connectivity index is 0.00000288. The van der Waals surface area contributed by atoms with Crippen molar-refractivity contribution < 1.29 is 4.79 Å². The van der Waals surface area contributed by atoms with E-state index in [9.17, 15) is 4.79 Å². The molecule has 3 nitrogen and oxygen atoms in total. The van der Waals surface area contributed by atoms with Crippen molar-refractivity contribution in [3.63, 3.8) is 0 Å². The average Bonchev–Trinajstić information content (AvgIpc) is 2.59. The van der Waals surface area contributed by atoms with E-state index in [1.807, 2.05) is 75.5 Å². The van der Waals surface area contributed by atoms with Gasteiger partial charge >= 0.3 is 0 Å². The summed E-state index contributed by atoms with van der Waals surface area (Å²) in [5.41, 5.74) is 8.25.